The number of rotatable bonds is 10. The molecule has 6 heteroatoms. The van der Waals surface area contributed by atoms with Crippen molar-refractivity contribution < 1.29 is 14.3 Å². The standard InChI is InChI=1S/C21H35NO3SSi/c1-15(2)27(16(3)4,17(5)6)12-10-9-11-18(24-7)13-20-22-19(14-26-20)21(23)25-8/h9-12,14-18H,13H2,1-8H3/b11-9+,12-10-. The summed E-state index contributed by atoms with van der Waals surface area (Å²) in [6.07, 6.45) is 6.94. The number of aromatic nitrogens is 1. The zero-order valence-corrected chi connectivity index (χ0v) is 19.8. The predicted octanol–water partition coefficient (Wildman–Crippen LogP) is 5.82. The van der Waals surface area contributed by atoms with Crippen molar-refractivity contribution in [1.82, 2.24) is 4.98 Å². The average molecular weight is 410 g/mol. The van der Waals surface area contributed by atoms with E-state index in [9.17, 15) is 4.79 Å². The molecule has 152 valence electrons. The van der Waals surface area contributed by atoms with Crippen molar-refractivity contribution in [3.8, 4) is 0 Å². The summed E-state index contributed by atoms with van der Waals surface area (Å²) < 4.78 is 10.3. The van der Waals surface area contributed by atoms with Gasteiger partial charge in [-0.05, 0) is 16.6 Å². The summed E-state index contributed by atoms with van der Waals surface area (Å²) in [6.45, 7) is 14.2. The van der Waals surface area contributed by atoms with Crippen molar-refractivity contribution in [3.63, 3.8) is 0 Å². The lowest BCUT2D eigenvalue weighted by atomic mass is 10.2. The van der Waals surface area contributed by atoms with Crippen LogP contribution < -0.4 is 0 Å². The van der Waals surface area contributed by atoms with Crippen molar-refractivity contribution in [3.05, 3.63) is 40.0 Å². The largest absolute Gasteiger partial charge is 0.464 e. The second-order valence-electron chi connectivity index (χ2n) is 7.80. The highest BCUT2D eigenvalue weighted by Gasteiger charge is 2.39. The lowest BCUT2D eigenvalue weighted by molar-refractivity contribution is 0.0594. The van der Waals surface area contributed by atoms with Crippen molar-refractivity contribution in [2.24, 2.45) is 0 Å². The predicted molar refractivity (Wildman–Crippen MR) is 117 cm³/mol. The molecule has 27 heavy (non-hydrogen) atoms. The summed E-state index contributed by atoms with van der Waals surface area (Å²) in [5.74, 6) is -0.401. The molecule has 0 aromatic carbocycles. The SMILES string of the molecule is COC(=O)c1csc(CC(/C=C/C=C\[Si](C(C)C)(C(C)C)C(C)C)OC)n1. The summed E-state index contributed by atoms with van der Waals surface area (Å²) in [7, 11) is 1.53. The number of hydrogen-bond donors (Lipinski definition) is 0. The molecule has 0 saturated carbocycles. The van der Waals surface area contributed by atoms with Crippen molar-refractivity contribution in [2.45, 2.75) is 70.7 Å². The summed E-state index contributed by atoms with van der Waals surface area (Å²) in [5, 5.41) is 2.59. The first-order valence-corrected chi connectivity index (χ1v) is 12.8. The molecule has 1 aromatic rings. The number of allylic oxidation sites excluding steroid dienone is 2. The first-order chi connectivity index (χ1) is 12.7. The third kappa shape index (κ3) is 6.12. The number of hydrogen-bond acceptors (Lipinski definition) is 5. The van der Waals surface area contributed by atoms with Gasteiger partial charge in [0, 0.05) is 18.9 Å². The second-order valence-corrected chi connectivity index (χ2v) is 14.5. The topological polar surface area (TPSA) is 48.4 Å². The molecule has 0 aliphatic heterocycles. The van der Waals surface area contributed by atoms with Crippen LogP contribution in [0.4, 0.5) is 0 Å². The van der Waals surface area contributed by atoms with Crippen LogP contribution in [0, 0.1) is 0 Å². The fourth-order valence-corrected chi connectivity index (χ4v) is 10.4. The van der Waals surface area contributed by atoms with Crippen molar-refractivity contribution in [2.75, 3.05) is 14.2 Å². The molecule has 0 spiro atoms. The van der Waals surface area contributed by atoms with Gasteiger partial charge < -0.3 is 9.47 Å². The van der Waals surface area contributed by atoms with Gasteiger partial charge in [0.2, 0.25) is 0 Å². The minimum absolute atomic E-state index is 0.0699. The Balaban J connectivity index is 2.84. The van der Waals surface area contributed by atoms with E-state index >= 15 is 0 Å². The molecule has 4 nitrogen and oxygen atoms in total. The Morgan fingerprint density at radius 3 is 2.19 bits per heavy atom. The molecule has 1 aromatic heterocycles. The fourth-order valence-electron chi connectivity index (χ4n) is 3.99. The van der Waals surface area contributed by atoms with Gasteiger partial charge in [0.05, 0.1) is 26.3 Å². The molecule has 0 aliphatic carbocycles. The van der Waals surface area contributed by atoms with E-state index in [1.807, 2.05) is 0 Å². The molecule has 0 N–H and O–H groups in total. The zero-order valence-electron chi connectivity index (χ0n) is 18.0. The number of ether oxygens (including phenoxy) is 2. The van der Waals surface area contributed by atoms with Crippen LogP contribution in [0.1, 0.15) is 57.0 Å². The molecule has 0 amide bonds. The Morgan fingerprint density at radius 2 is 1.70 bits per heavy atom. The molecule has 0 fully saturated rings. The molecule has 0 bridgehead atoms. The lowest BCUT2D eigenvalue weighted by Crippen LogP contribution is -2.42. The summed E-state index contributed by atoms with van der Waals surface area (Å²) >= 11 is 1.46. The van der Waals surface area contributed by atoms with E-state index in [0.29, 0.717) is 28.7 Å². The number of thiazole rings is 1. The van der Waals surface area contributed by atoms with Crippen LogP contribution in [0.25, 0.3) is 0 Å². The van der Waals surface area contributed by atoms with Gasteiger partial charge >= 0.3 is 5.97 Å². The summed E-state index contributed by atoms with van der Waals surface area (Å²) in [5.41, 5.74) is 4.96. The lowest BCUT2D eigenvalue weighted by Gasteiger charge is -2.40. The monoisotopic (exact) mass is 409 g/mol. The van der Waals surface area contributed by atoms with Gasteiger partial charge in [-0.2, -0.15) is 0 Å². The quantitative estimate of drug-likeness (QED) is 0.278. The minimum Gasteiger partial charge on any atom is -0.464 e. The smallest absolute Gasteiger partial charge is 0.357 e. The van der Waals surface area contributed by atoms with Gasteiger partial charge in [0.1, 0.15) is 0 Å². The Hall–Kier alpha value is -1.24. The van der Waals surface area contributed by atoms with Crippen LogP contribution in [-0.2, 0) is 15.9 Å². The van der Waals surface area contributed by atoms with E-state index in [4.69, 9.17) is 9.47 Å². The summed E-state index contributed by atoms with van der Waals surface area (Å²) in [6, 6.07) is 0. The van der Waals surface area contributed by atoms with Crippen LogP contribution in [0.3, 0.4) is 0 Å². The number of carbonyl (C=O) groups is 1. The molecule has 1 atom stereocenters. The Labute approximate surface area is 169 Å². The summed E-state index contributed by atoms with van der Waals surface area (Å²) in [4.78, 5) is 15.8. The fraction of sp³-hybridized carbons (Fsp3) is 0.619. The van der Waals surface area contributed by atoms with Crippen molar-refractivity contribution in [1.29, 1.82) is 0 Å². The van der Waals surface area contributed by atoms with Crippen LogP contribution in [0.2, 0.25) is 16.6 Å². The van der Waals surface area contributed by atoms with Gasteiger partial charge in [-0.1, -0.05) is 65.5 Å². The van der Waals surface area contributed by atoms with E-state index in [0.717, 1.165) is 5.01 Å². The highest BCUT2D eigenvalue weighted by molar-refractivity contribution is 7.09. The number of carbonyl (C=O) groups excluding carboxylic acids is 1. The molecule has 1 rings (SSSR count). The van der Waals surface area contributed by atoms with E-state index in [-0.39, 0.29) is 6.10 Å². The number of nitrogens with zero attached hydrogens (tertiary/aromatic N) is 1. The van der Waals surface area contributed by atoms with E-state index in [2.05, 4.69) is 70.5 Å². The molecular weight excluding hydrogens is 374 g/mol. The molecular formula is C21H35NO3SSi. The highest BCUT2D eigenvalue weighted by Crippen LogP contribution is 2.42. The maximum Gasteiger partial charge on any atom is 0.357 e. The zero-order chi connectivity index (χ0) is 20.6. The number of esters is 1. The molecule has 0 radical (unpaired) electrons. The molecule has 1 unspecified atom stereocenters. The van der Waals surface area contributed by atoms with Gasteiger partial charge in [-0.15, -0.1) is 11.3 Å². The second kappa shape index (κ2) is 10.9. The number of methoxy groups -OCH3 is 2. The minimum atomic E-state index is -1.53. The third-order valence-corrected chi connectivity index (χ3v) is 13.1. The maximum atomic E-state index is 11.5. The van der Waals surface area contributed by atoms with Crippen LogP contribution in [0.15, 0.2) is 29.3 Å². The molecule has 0 aliphatic rings. The molecule has 0 saturated heterocycles. The van der Waals surface area contributed by atoms with Crippen LogP contribution in [0.5, 0.6) is 0 Å². The van der Waals surface area contributed by atoms with Crippen LogP contribution >= 0.6 is 11.3 Å². The highest BCUT2D eigenvalue weighted by atomic mass is 32.1. The first-order valence-electron chi connectivity index (χ1n) is 9.60. The Bertz CT molecular complexity index is 628. The first kappa shape index (κ1) is 23.8. The van der Waals surface area contributed by atoms with Crippen LogP contribution in [-0.4, -0.2) is 39.4 Å². The van der Waals surface area contributed by atoms with Gasteiger partial charge in [-0.3, -0.25) is 0 Å². The average Bonchev–Trinajstić information content (AvgIpc) is 3.07. The Kier molecular flexibility index (Phi) is 9.63. The van der Waals surface area contributed by atoms with Gasteiger partial charge in [0.15, 0.2) is 5.69 Å². The Morgan fingerprint density at radius 1 is 1.11 bits per heavy atom. The van der Waals surface area contributed by atoms with Crippen molar-refractivity contribution >= 4 is 25.4 Å². The van der Waals surface area contributed by atoms with Gasteiger partial charge in [0.25, 0.3) is 0 Å². The van der Waals surface area contributed by atoms with E-state index < -0.39 is 14.0 Å². The van der Waals surface area contributed by atoms with Gasteiger partial charge in [-0.25, -0.2) is 9.78 Å². The normalized spacial score (nSPS) is 14.2. The van der Waals surface area contributed by atoms with E-state index in [1.54, 1.807) is 12.5 Å². The molecule has 1 heterocycles. The maximum absolute atomic E-state index is 11.5. The third-order valence-electron chi connectivity index (χ3n) is 5.45. The van der Waals surface area contributed by atoms with E-state index in [1.165, 1.54) is 18.4 Å².